The molecule has 2 heterocycles. The van der Waals surface area contributed by atoms with E-state index in [1.807, 2.05) is 9.58 Å². The van der Waals surface area contributed by atoms with Gasteiger partial charge in [-0.1, -0.05) is 0 Å². The molecule has 2 atom stereocenters. The number of nitrogens with zero attached hydrogens (tertiary/aromatic N) is 5. The number of hydrogen-bond acceptors (Lipinski definition) is 7. The number of tetrazole rings is 1. The summed E-state index contributed by atoms with van der Waals surface area (Å²) in [5.41, 5.74) is 0. The van der Waals surface area contributed by atoms with Crippen LogP contribution in [0.2, 0.25) is 0 Å². The summed E-state index contributed by atoms with van der Waals surface area (Å²) < 4.78 is 6.59. The summed E-state index contributed by atoms with van der Waals surface area (Å²) in [7, 11) is 1.36. The van der Waals surface area contributed by atoms with Crippen molar-refractivity contribution in [2.24, 2.45) is 0 Å². The molecule has 2 aliphatic rings. The minimum Gasteiger partial charge on any atom is -0.468 e. The van der Waals surface area contributed by atoms with Crippen LogP contribution in [-0.2, 0) is 16.1 Å². The summed E-state index contributed by atoms with van der Waals surface area (Å²) in [4.78, 5) is 13.6. The van der Waals surface area contributed by atoms with Gasteiger partial charge in [0.1, 0.15) is 6.04 Å². The highest BCUT2D eigenvalue weighted by molar-refractivity contribution is 5.76. The van der Waals surface area contributed by atoms with Crippen molar-refractivity contribution in [2.75, 3.05) is 13.7 Å². The Bertz CT molecular complexity index is 473. The molecule has 3 rings (SSSR count). The van der Waals surface area contributed by atoms with Gasteiger partial charge < -0.3 is 9.84 Å². The minimum atomic E-state index is -0.505. The molecule has 0 radical (unpaired) electrons. The van der Waals surface area contributed by atoms with E-state index in [4.69, 9.17) is 4.74 Å². The summed E-state index contributed by atoms with van der Waals surface area (Å²) >= 11 is 0. The maximum absolute atomic E-state index is 11.7. The maximum Gasteiger partial charge on any atom is 0.323 e. The Labute approximate surface area is 110 Å². The molecular weight excluding hydrogens is 250 g/mol. The van der Waals surface area contributed by atoms with E-state index in [1.165, 1.54) is 7.11 Å². The first kappa shape index (κ1) is 12.5. The second-order valence-electron chi connectivity index (χ2n) is 5.13. The van der Waals surface area contributed by atoms with E-state index in [2.05, 4.69) is 15.5 Å². The van der Waals surface area contributed by atoms with Crippen molar-refractivity contribution in [3.05, 3.63) is 5.82 Å². The number of ether oxygens (including phenoxy) is 1. The normalized spacial score (nSPS) is 27.7. The molecule has 1 saturated carbocycles. The van der Waals surface area contributed by atoms with Crippen LogP contribution < -0.4 is 0 Å². The van der Waals surface area contributed by atoms with Gasteiger partial charge in [-0.3, -0.25) is 9.69 Å². The van der Waals surface area contributed by atoms with Crippen LogP contribution in [0.15, 0.2) is 0 Å². The zero-order valence-corrected chi connectivity index (χ0v) is 10.8. The molecule has 1 saturated heterocycles. The van der Waals surface area contributed by atoms with E-state index in [0.717, 1.165) is 18.7 Å². The molecule has 8 heteroatoms. The molecule has 1 N–H and O–H groups in total. The maximum atomic E-state index is 11.7. The van der Waals surface area contributed by atoms with Crippen LogP contribution in [0.4, 0.5) is 0 Å². The van der Waals surface area contributed by atoms with Crippen LogP contribution in [0.5, 0.6) is 0 Å². The average molecular weight is 267 g/mol. The Morgan fingerprint density at radius 3 is 3.00 bits per heavy atom. The smallest absolute Gasteiger partial charge is 0.323 e. The fourth-order valence-corrected chi connectivity index (χ4v) is 2.54. The number of esters is 1. The van der Waals surface area contributed by atoms with E-state index in [0.29, 0.717) is 25.6 Å². The van der Waals surface area contributed by atoms with Gasteiger partial charge in [0.15, 0.2) is 5.82 Å². The topological polar surface area (TPSA) is 93.4 Å². The number of likely N-dealkylation sites (tertiary alicyclic amines) is 1. The van der Waals surface area contributed by atoms with Gasteiger partial charge in [0.25, 0.3) is 0 Å². The molecule has 8 nitrogen and oxygen atoms in total. The highest BCUT2D eigenvalue weighted by atomic mass is 16.5. The number of aromatic nitrogens is 4. The number of β-amino-alcohol motifs (C(OH)–C–C–N with tert-alkyl or cyclic N) is 1. The molecular formula is C11H17N5O3. The molecule has 0 bridgehead atoms. The summed E-state index contributed by atoms with van der Waals surface area (Å²) in [6.45, 7) is 0.900. The second kappa shape index (κ2) is 4.86. The van der Waals surface area contributed by atoms with E-state index in [1.54, 1.807) is 0 Å². The van der Waals surface area contributed by atoms with Crippen LogP contribution in [0.25, 0.3) is 0 Å². The molecule has 0 aromatic carbocycles. The Kier molecular flexibility index (Phi) is 3.19. The summed E-state index contributed by atoms with van der Waals surface area (Å²) in [5.74, 6) is 0.424. The van der Waals surface area contributed by atoms with Crippen molar-refractivity contribution in [3.8, 4) is 0 Å². The summed E-state index contributed by atoms with van der Waals surface area (Å²) in [6.07, 6.45) is 2.09. The highest BCUT2D eigenvalue weighted by Gasteiger charge is 2.38. The lowest BCUT2D eigenvalue weighted by molar-refractivity contribution is -0.146. The number of carbonyl (C=O) groups is 1. The predicted molar refractivity (Wildman–Crippen MR) is 62.9 cm³/mol. The molecule has 1 aromatic rings. The molecule has 1 aliphatic heterocycles. The Morgan fingerprint density at radius 1 is 1.53 bits per heavy atom. The van der Waals surface area contributed by atoms with Crippen LogP contribution >= 0.6 is 0 Å². The molecule has 2 fully saturated rings. The van der Waals surface area contributed by atoms with Gasteiger partial charge in [0.2, 0.25) is 0 Å². The zero-order chi connectivity index (χ0) is 13.4. The first-order valence-electron chi connectivity index (χ1n) is 6.45. The fourth-order valence-electron chi connectivity index (χ4n) is 2.54. The lowest BCUT2D eigenvalue weighted by Crippen LogP contribution is -2.37. The lowest BCUT2D eigenvalue weighted by Gasteiger charge is -2.21. The van der Waals surface area contributed by atoms with Gasteiger partial charge in [-0.05, 0) is 23.3 Å². The SMILES string of the molecule is COC(=O)C1CC(O)CN1Cc1nnnn1C1CC1. The van der Waals surface area contributed by atoms with Crippen molar-refractivity contribution in [2.45, 2.75) is 44.0 Å². The van der Waals surface area contributed by atoms with E-state index in [-0.39, 0.29) is 5.97 Å². The van der Waals surface area contributed by atoms with E-state index in [9.17, 15) is 9.90 Å². The molecule has 19 heavy (non-hydrogen) atoms. The van der Waals surface area contributed by atoms with Gasteiger partial charge in [-0.25, -0.2) is 4.68 Å². The van der Waals surface area contributed by atoms with Crippen LogP contribution in [0, 0.1) is 0 Å². The highest BCUT2D eigenvalue weighted by Crippen LogP contribution is 2.34. The van der Waals surface area contributed by atoms with Crippen molar-refractivity contribution in [1.29, 1.82) is 0 Å². The average Bonchev–Trinajstić information content (AvgIpc) is 3.03. The molecule has 0 amide bonds. The number of methoxy groups -OCH3 is 1. The molecule has 1 aliphatic carbocycles. The summed E-state index contributed by atoms with van der Waals surface area (Å²) in [6, 6.07) is -0.0153. The van der Waals surface area contributed by atoms with Crippen LogP contribution in [0.3, 0.4) is 0 Å². The third-order valence-corrected chi connectivity index (χ3v) is 3.65. The van der Waals surface area contributed by atoms with Crippen LogP contribution in [0.1, 0.15) is 31.1 Å². The van der Waals surface area contributed by atoms with Crippen molar-refractivity contribution >= 4 is 5.97 Å². The number of rotatable bonds is 4. The Hall–Kier alpha value is -1.54. The quantitative estimate of drug-likeness (QED) is 0.708. The molecule has 2 unspecified atom stereocenters. The number of carbonyl (C=O) groups excluding carboxylic acids is 1. The first-order valence-corrected chi connectivity index (χ1v) is 6.45. The van der Waals surface area contributed by atoms with Crippen molar-refractivity contribution in [1.82, 2.24) is 25.1 Å². The standard InChI is InChI=1S/C11H17N5O3/c1-19-11(18)9-4-8(17)5-15(9)6-10-12-13-14-16(10)7-2-3-7/h7-9,17H,2-6H2,1H3. The number of aliphatic hydroxyl groups excluding tert-OH is 1. The van der Waals surface area contributed by atoms with Crippen molar-refractivity contribution < 1.29 is 14.6 Å². The predicted octanol–water partition coefficient (Wildman–Crippen LogP) is -0.884. The van der Waals surface area contributed by atoms with Crippen molar-refractivity contribution in [3.63, 3.8) is 0 Å². The van der Waals surface area contributed by atoms with Crippen LogP contribution in [-0.4, -0.2) is 62.0 Å². The second-order valence-corrected chi connectivity index (χ2v) is 5.13. The zero-order valence-electron chi connectivity index (χ0n) is 10.8. The Balaban J connectivity index is 1.73. The van der Waals surface area contributed by atoms with Gasteiger partial charge in [-0.2, -0.15) is 0 Å². The van der Waals surface area contributed by atoms with Gasteiger partial charge in [0, 0.05) is 13.0 Å². The molecule has 1 aromatic heterocycles. The minimum absolute atomic E-state index is 0.318. The summed E-state index contributed by atoms with van der Waals surface area (Å²) in [5, 5.41) is 21.4. The fraction of sp³-hybridized carbons (Fsp3) is 0.818. The van der Waals surface area contributed by atoms with Gasteiger partial charge in [0.05, 0.1) is 25.8 Å². The third-order valence-electron chi connectivity index (χ3n) is 3.65. The number of hydrogen-bond donors (Lipinski definition) is 1. The van der Waals surface area contributed by atoms with Gasteiger partial charge in [-0.15, -0.1) is 5.10 Å². The largest absolute Gasteiger partial charge is 0.468 e. The number of aliphatic hydroxyl groups is 1. The van der Waals surface area contributed by atoms with E-state index >= 15 is 0 Å². The van der Waals surface area contributed by atoms with E-state index < -0.39 is 12.1 Å². The monoisotopic (exact) mass is 267 g/mol. The Morgan fingerprint density at radius 2 is 2.32 bits per heavy atom. The first-order chi connectivity index (χ1) is 9.19. The lowest BCUT2D eigenvalue weighted by atomic mass is 10.2. The van der Waals surface area contributed by atoms with Gasteiger partial charge >= 0.3 is 5.97 Å². The molecule has 0 spiro atoms. The third kappa shape index (κ3) is 2.45. The molecule has 104 valence electrons.